The van der Waals surface area contributed by atoms with Crippen LogP contribution in [0.3, 0.4) is 0 Å². The lowest BCUT2D eigenvalue weighted by Crippen LogP contribution is -2.50. The third-order valence-electron chi connectivity index (χ3n) is 5.01. The molecule has 0 heterocycles. The molecule has 0 aromatic heterocycles. The summed E-state index contributed by atoms with van der Waals surface area (Å²) in [6, 6.07) is 17.4. The van der Waals surface area contributed by atoms with Gasteiger partial charge in [0.1, 0.15) is 6.04 Å². The van der Waals surface area contributed by atoms with Gasteiger partial charge >= 0.3 is 0 Å². The van der Waals surface area contributed by atoms with Crippen LogP contribution < -0.4 is 5.32 Å². The summed E-state index contributed by atoms with van der Waals surface area (Å²) in [6.45, 7) is 7.06. The highest BCUT2D eigenvalue weighted by molar-refractivity contribution is 5.87. The molecule has 2 amide bonds. The van der Waals surface area contributed by atoms with Crippen LogP contribution in [0.5, 0.6) is 0 Å². The van der Waals surface area contributed by atoms with Crippen LogP contribution in [0.25, 0.3) is 0 Å². The minimum absolute atomic E-state index is 0.00479. The van der Waals surface area contributed by atoms with Crippen LogP contribution in [0.4, 0.5) is 0 Å². The van der Waals surface area contributed by atoms with E-state index in [9.17, 15) is 9.59 Å². The van der Waals surface area contributed by atoms with E-state index in [2.05, 4.69) is 12.2 Å². The van der Waals surface area contributed by atoms with Crippen LogP contribution in [0, 0.1) is 6.92 Å². The first-order valence-electron chi connectivity index (χ1n) is 10.2. The molecule has 0 unspecified atom stereocenters. The number of nitrogens with zero attached hydrogens (tertiary/aromatic N) is 1. The third-order valence-corrected chi connectivity index (χ3v) is 5.01. The average Bonchev–Trinajstić information content (AvgIpc) is 2.72. The highest BCUT2D eigenvalue weighted by atomic mass is 16.2. The number of hydrogen-bond acceptors (Lipinski definition) is 2. The Kier molecular flexibility index (Phi) is 8.73. The van der Waals surface area contributed by atoms with Crippen LogP contribution in [-0.2, 0) is 22.6 Å². The van der Waals surface area contributed by atoms with E-state index in [-0.39, 0.29) is 11.8 Å². The average molecular weight is 381 g/mol. The van der Waals surface area contributed by atoms with E-state index in [1.807, 2.05) is 68.4 Å². The van der Waals surface area contributed by atoms with Gasteiger partial charge in [-0.05, 0) is 30.0 Å². The summed E-state index contributed by atoms with van der Waals surface area (Å²) in [5.41, 5.74) is 3.25. The number of rotatable bonds is 10. The zero-order valence-electron chi connectivity index (χ0n) is 17.3. The maximum Gasteiger partial charge on any atom is 0.243 e. The Morgan fingerprint density at radius 1 is 1.00 bits per heavy atom. The molecule has 4 heteroatoms. The molecule has 0 saturated carbocycles. The molecular weight excluding hydrogens is 348 g/mol. The Morgan fingerprint density at radius 2 is 1.68 bits per heavy atom. The molecule has 1 N–H and O–H groups in total. The van der Waals surface area contributed by atoms with Crippen molar-refractivity contribution in [2.75, 3.05) is 6.54 Å². The van der Waals surface area contributed by atoms with Crippen LogP contribution in [0.15, 0.2) is 54.6 Å². The summed E-state index contributed by atoms with van der Waals surface area (Å²) < 4.78 is 0. The standard InChI is InChI=1S/C24H32N2O2/c1-4-6-16-25-24(28)22(17-20-13-8-7-9-14-20)26(23(27)5-2)18-21-15-11-10-12-19(21)3/h7-15,22H,4-6,16-18H2,1-3H3,(H,25,28)/t22-/m1/s1. The summed E-state index contributed by atoms with van der Waals surface area (Å²) in [5, 5.41) is 3.03. The first-order valence-corrected chi connectivity index (χ1v) is 10.2. The number of benzene rings is 2. The SMILES string of the molecule is CCCCNC(=O)[C@@H](Cc1ccccc1)N(Cc1ccccc1C)C(=O)CC. The zero-order valence-corrected chi connectivity index (χ0v) is 17.3. The largest absolute Gasteiger partial charge is 0.354 e. The maximum atomic E-state index is 13.1. The monoisotopic (exact) mass is 380 g/mol. The molecule has 2 aromatic carbocycles. The van der Waals surface area contributed by atoms with Gasteiger partial charge in [0.25, 0.3) is 0 Å². The second-order valence-corrected chi connectivity index (χ2v) is 7.15. The molecule has 150 valence electrons. The van der Waals surface area contributed by atoms with Crippen molar-refractivity contribution in [1.29, 1.82) is 0 Å². The molecule has 0 aliphatic heterocycles. The van der Waals surface area contributed by atoms with Crippen molar-refractivity contribution in [2.45, 2.75) is 59.0 Å². The first-order chi connectivity index (χ1) is 13.6. The molecule has 28 heavy (non-hydrogen) atoms. The minimum atomic E-state index is -0.522. The van der Waals surface area contributed by atoms with E-state index in [0.717, 1.165) is 29.5 Å². The quantitative estimate of drug-likeness (QED) is 0.626. The van der Waals surface area contributed by atoms with E-state index in [4.69, 9.17) is 0 Å². The molecule has 0 radical (unpaired) electrons. The molecule has 2 aromatic rings. The predicted molar refractivity (Wildman–Crippen MR) is 114 cm³/mol. The molecular formula is C24H32N2O2. The molecule has 0 saturated heterocycles. The number of nitrogens with one attached hydrogen (secondary N) is 1. The molecule has 4 nitrogen and oxygen atoms in total. The number of unbranched alkanes of at least 4 members (excludes halogenated alkanes) is 1. The van der Waals surface area contributed by atoms with Gasteiger partial charge in [0, 0.05) is 25.9 Å². The Hall–Kier alpha value is -2.62. The van der Waals surface area contributed by atoms with Gasteiger partial charge in [-0.15, -0.1) is 0 Å². The van der Waals surface area contributed by atoms with Gasteiger partial charge < -0.3 is 10.2 Å². The maximum absolute atomic E-state index is 13.1. The molecule has 1 atom stereocenters. The van der Waals surface area contributed by atoms with E-state index >= 15 is 0 Å². The van der Waals surface area contributed by atoms with Gasteiger partial charge in [0.15, 0.2) is 0 Å². The lowest BCUT2D eigenvalue weighted by molar-refractivity contribution is -0.141. The first kappa shape index (κ1) is 21.7. The fourth-order valence-corrected chi connectivity index (χ4v) is 3.23. The van der Waals surface area contributed by atoms with Crippen molar-refractivity contribution in [3.05, 3.63) is 71.3 Å². The second kappa shape index (κ2) is 11.3. The molecule has 0 bridgehead atoms. The Labute approximate surface area is 169 Å². The van der Waals surface area contributed by atoms with E-state index in [1.165, 1.54) is 0 Å². The van der Waals surface area contributed by atoms with Crippen molar-refractivity contribution in [3.8, 4) is 0 Å². The number of carbonyl (C=O) groups excluding carboxylic acids is 2. The van der Waals surface area contributed by atoms with Crippen molar-refractivity contribution in [2.24, 2.45) is 0 Å². The summed E-state index contributed by atoms with van der Waals surface area (Å²) >= 11 is 0. The van der Waals surface area contributed by atoms with Crippen molar-refractivity contribution < 1.29 is 9.59 Å². The van der Waals surface area contributed by atoms with E-state index in [1.54, 1.807) is 4.90 Å². The van der Waals surface area contributed by atoms with Gasteiger partial charge in [-0.1, -0.05) is 74.9 Å². The Bertz CT molecular complexity index is 758. The summed E-state index contributed by atoms with van der Waals surface area (Å²) in [5.74, 6) is -0.0810. The normalized spacial score (nSPS) is 11.7. The van der Waals surface area contributed by atoms with Crippen LogP contribution in [0.2, 0.25) is 0 Å². The highest BCUT2D eigenvalue weighted by Crippen LogP contribution is 2.17. The predicted octanol–water partition coefficient (Wildman–Crippen LogP) is 4.26. The molecule has 0 spiro atoms. The van der Waals surface area contributed by atoms with Gasteiger partial charge in [-0.3, -0.25) is 9.59 Å². The van der Waals surface area contributed by atoms with Crippen molar-refractivity contribution >= 4 is 11.8 Å². The lowest BCUT2D eigenvalue weighted by Gasteiger charge is -2.31. The van der Waals surface area contributed by atoms with Gasteiger partial charge in [0.2, 0.25) is 11.8 Å². The van der Waals surface area contributed by atoms with Gasteiger partial charge in [0.05, 0.1) is 0 Å². The van der Waals surface area contributed by atoms with Gasteiger partial charge in [-0.2, -0.15) is 0 Å². The second-order valence-electron chi connectivity index (χ2n) is 7.15. The summed E-state index contributed by atoms with van der Waals surface area (Å²) in [7, 11) is 0. The van der Waals surface area contributed by atoms with E-state index in [0.29, 0.717) is 25.9 Å². The number of carbonyl (C=O) groups is 2. The zero-order chi connectivity index (χ0) is 20.4. The van der Waals surface area contributed by atoms with Crippen LogP contribution in [0.1, 0.15) is 49.8 Å². The van der Waals surface area contributed by atoms with Gasteiger partial charge in [-0.25, -0.2) is 0 Å². The molecule has 0 fully saturated rings. The highest BCUT2D eigenvalue weighted by Gasteiger charge is 2.29. The fraction of sp³-hybridized carbons (Fsp3) is 0.417. The number of aryl methyl sites for hydroxylation is 1. The Balaban J connectivity index is 2.31. The van der Waals surface area contributed by atoms with Crippen molar-refractivity contribution in [3.63, 3.8) is 0 Å². The number of hydrogen-bond donors (Lipinski definition) is 1. The van der Waals surface area contributed by atoms with Crippen LogP contribution in [-0.4, -0.2) is 29.3 Å². The summed E-state index contributed by atoms with van der Waals surface area (Å²) in [4.78, 5) is 27.6. The third kappa shape index (κ3) is 6.22. The van der Waals surface area contributed by atoms with Crippen LogP contribution >= 0.6 is 0 Å². The Morgan fingerprint density at radius 3 is 2.32 bits per heavy atom. The minimum Gasteiger partial charge on any atom is -0.354 e. The lowest BCUT2D eigenvalue weighted by atomic mass is 10.0. The smallest absolute Gasteiger partial charge is 0.243 e. The fourth-order valence-electron chi connectivity index (χ4n) is 3.23. The topological polar surface area (TPSA) is 49.4 Å². The van der Waals surface area contributed by atoms with Crippen molar-refractivity contribution in [1.82, 2.24) is 10.2 Å². The summed E-state index contributed by atoms with van der Waals surface area (Å²) in [6.07, 6.45) is 2.84. The molecule has 2 rings (SSSR count). The molecule has 0 aliphatic carbocycles. The van der Waals surface area contributed by atoms with E-state index < -0.39 is 6.04 Å². The number of amides is 2. The molecule has 0 aliphatic rings.